The van der Waals surface area contributed by atoms with Gasteiger partial charge in [-0.2, -0.15) is 0 Å². The fourth-order valence-electron chi connectivity index (χ4n) is 6.78. The first-order chi connectivity index (χ1) is 19.3. The lowest BCUT2D eigenvalue weighted by molar-refractivity contribution is -0.141. The summed E-state index contributed by atoms with van der Waals surface area (Å²) in [6.07, 6.45) is 1.22. The van der Waals surface area contributed by atoms with Crippen LogP contribution in [0.15, 0.2) is 48.5 Å². The first-order valence-corrected chi connectivity index (χ1v) is 14.8. The quantitative estimate of drug-likeness (QED) is 0.400. The highest BCUT2D eigenvalue weighted by Crippen LogP contribution is 2.69. The number of aliphatic hydroxyl groups is 1. The molecule has 3 saturated heterocycles. The number of methoxy groups -OCH3 is 1. The summed E-state index contributed by atoms with van der Waals surface area (Å²) < 4.78 is 9.95. The average molecular weight is 568 g/mol. The standard InChI is InChI=1S/C30H37N3O6S/c1-5-20(16-34)33-26(28(36)32-19-7-11-21(38-4)12-8-19)30-17(3)15-23(40-30)24(25(30)29(33)37)27(35)31-18-9-13-22(14-10-18)39-6-2/h7-14,17,20,23-26,34H,5-6,15-16H2,1-4H3,(H,31,35)(H,32,36)/t17?,20-,23-,24+,25-,26?,30?/m0/s1. The van der Waals surface area contributed by atoms with Gasteiger partial charge in [0.05, 0.1) is 42.9 Å². The number of benzene rings is 2. The topological polar surface area (TPSA) is 117 Å². The molecule has 3 unspecified atom stereocenters. The molecule has 3 heterocycles. The van der Waals surface area contributed by atoms with E-state index in [1.807, 2.05) is 13.8 Å². The van der Waals surface area contributed by atoms with E-state index in [-0.39, 0.29) is 35.5 Å². The number of fused-ring (bicyclic) bond motifs is 1. The van der Waals surface area contributed by atoms with E-state index in [0.717, 1.165) is 6.42 Å². The van der Waals surface area contributed by atoms with E-state index in [1.165, 1.54) is 0 Å². The van der Waals surface area contributed by atoms with Gasteiger partial charge in [-0.25, -0.2) is 0 Å². The van der Waals surface area contributed by atoms with Crippen LogP contribution in [0.5, 0.6) is 11.5 Å². The predicted molar refractivity (Wildman–Crippen MR) is 155 cm³/mol. The van der Waals surface area contributed by atoms with Crippen molar-refractivity contribution in [2.24, 2.45) is 17.8 Å². The smallest absolute Gasteiger partial charge is 0.248 e. The molecule has 10 heteroatoms. The molecule has 7 atom stereocenters. The van der Waals surface area contributed by atoms with Gasteiger partial charge in [0.25, 0.3) is 0 Å². The number of amides is 3. The minimum absolute atomic E-state index is 0.0267. The normalized spacial score (nSPS) is 29.2. The summed E-state index contributed by atoms with van der Waals surface area (Å²) in [5.74, 6) is -0.601. The fraction of sp³-hybridized carbons (Fsp3) is 0.500. The predicted octanol–water partition coefficient (Wildman–Crippen LogP) is 3.78. The Morgan fingerprint density at radius 1 is 1.05 bits per heavy atom. The van der Waals surface area contributed by atoms with Crippen LogP contribution in [0.4, 0.5) is 11.4 Å². The highest BCUT2D eigenvalue weighted by molar-refractivity contribution is 8.02. The maximum Gasteiger partial charge on any atom is 0.248 e. The number of thioether (sulfide) groups is 1. The van der Waals surface area contributed by atoms with Crippen LogP contribution in [0, 0.1) is 17.8 Å². The Bertz CT molecular complexity index is 1250. The molecule has 3 N–H and O–H groups in total. The van der Waals surface area contributed by atoms with Crippen LogP contribution in [0.3, 0.4) is 0 Å². The lowest BCUT2D eigenvalue weighted by Crippen LogP contribution is -2.56. The molecule has 0 saturated carbocycles. The van der Waals surface area contributed by atoms with Crippen molar-refractivity contribution >= 4 is 40.9 Å². The van der Waals surface area contributed by atoms with Crippen LogP contribution >= 0.6 is 11.8 Å². The molecule has 3 aliphatic rings. The van der Waals surface area contributed by atoms with Crippen LogP contribution in [-0.2, 0) is 14.4 Å². The van der Waals surface area contributed by atoms with Gasteiger partial charge in [-0.3, -0.25) is 14.4 Å². The Morgan fingerprint density at radius 2 is 1.65 bits per heavy atom. The molecule has 40 heavy (non-hydrogen) atoms. The number of carbonyl (C=O) groups excluding carboxylic acids is 3. The van der Waals surface area contributed by atoms with E-state index in [9.17, 15) is 19.5 Å². The molecule has 9 nitrogen and oxygen atoms in total. The Morgan fingerprint density at radius 3 is 2.20 bits per heavy atom. The maximum atomic E-state index is 14.2. The number of nitrogens with one attached hydrogen (secondary N) is 2. The number of hydrogen-bond donors (Lipinski definition) is 3. The van der Waals surface area contributed by atoms with E-state index in [4.69, 9.17) is 9.47 Å². The largest absolute Gasteiger partial charge is 0.497 e. The minimum Gasteiger partial charge on any atom is -0.497 e. The van der Waals surface area contributed by atoms with Crippen LogP contribution in [0.2, 0.25) is 0 Å². The van der Waals surface area contributed by atoms with Gasteiger partial charge >= 0.3 is 0 Å². The molecule has 2 aromatic carbocycles. The van der Waals surface area contributed by atoms with Crippen molar-refractivity contribution < 1.29 is 29.0 Å². The number of aliphatic hydroxyl groups excluding tert-OH is 1. The Labute approximate surface area is 239 Å². The molecular weight excluding hydrogens is 530 g/mol. The summed E-state index contributed by atoms with van der Waals surface area (Å²) in [7, 11) is 1.58. The minimum atomic E-state index is -0.822. The fourth-order valence-corrected chi connectivity index (χ4v) is 9.19. The number of hydrogen-bond acceptors (Lipinski definition) is 7. The van der Waals surface area contributed by atoms with Gasteiger partial charge in [-0.1, -0.05) is 13.8 Å². The van der Waals surface area contributed by atoms with Gasteiger partial charge in [-0.15, -0.1) is 11.8 Å². The van der Waals surface area contributed by atoms with Crippen molar-refractivity contribution in [3.8, 4) is 11.5 Å². The molecule has 2 bridgehead atoms. The molecular formula is C30H37N3O6S. The third kappa shape index (κ3) is 4.60. The lowest BCUT2D eigenvalue weighted by atomic mass is 9.66. The number of carbonyl (C=O) groups is 3. The van der Waals surface area contributed by atoms with Gasteiger partial charge in [0.2, 0.25) is 17.7 Å². The molecule has 2 aromatic rings. The maximum absolute atomic E-state index is 14.2. The van der Waals surface area contributed by atoms with Crippen LogP contribution in [0.1, 0.15) is 33.6 Å². The molecule has 0 aliphatic carbocycles. The summed E-state index contributed by atoms with van der Waals surface area (Å²) in [5, 5.41) is 16.2. The molecule has 3 amide bonds. The number of ether oxygens (including phenoxy) is 2. The number of rotatable bonds is 10. The van der Waals surface area contributed by atoms with Crippen molar-refractivity contribution in [2.75, 3.05) is 31.0 Å². The summed E-state index contributed by atoms with van der Waals surface area (Å²) in [4.78, 5) is 43.6. The second kappa shape index (κ2) is 11.3. The summed E-state index contributed by atoms with van der Waals surface area (Å²) >= 11 is 1.61. The zero-order valence-electron chi connectivity index (χ0n) is 23.3. The Balaban J connectivity index is 1.47. The first kappa shape index (κ1) is 28.3. The highest BCUT2D eigenvalue weighted by Gasteiger charge is 2.76. The van der Waals surface area contributed by atoms with Crippen LogP contribution < -0.4 is 20.1 Å². The van der Waals surface area contributed by atoms with Gasteiger partial charge < -0.3 is 30.1 Å². The lowest BCUT2D eigenvalue weighted by Gasteiger charge is -2.40. The zero-order valence-corrected chi connectivity index (χ0v) is 24.1. The molecule has 214 valence electrons. The average Bonchev–Trinajstić information content (AvgIpc) is 3.55. The van der Waals surface area contributed by atoms with Crippen molar-refractivity contribution in [2.45, 2.75) is 55.7 Å². The van der Waals surface area contributed by atoms with Crippen LogP contribution in [0.25, 0.3) is 0 Å². The van der Waals surface area contributed by atoms with E-state index in [0.29, 0.717) is 35.9 Å². The second-order valence-electron chi connectivity index (χ2n) is 10.7. The van der Waals surface area contributed by atoms with Gasteiger partial charge in [0, 0.05) is 16.6 Å². The van der Waals surface area contributed by atoms with Crippen molar-refractivity contribution in [1.82, 2.24) is 4.90 Å². The highest BCUT2D eigenvalue weighted by atomic mass is 32.2. The monoisotopic (exact) mass is 567 g/mol. The SMILES string of the molecule is CCOc1ccc(NC(=O)[C@@H]2[C@@H]3CC(C)C4(S3)C(C(=O)Nc3ccc(OC)cc3)N([C@@H](CC)CO)C(=O)[C@H]24)cc1. The zero-order chi connectivity index (χ0) is 28.6. The van der Waals surface area contributed by atoms with E-state index < -0.39 is 28.7 Å². The van der Waals surface area contributed by atoms with Gasteiger partial charge in [0.1, 0.15) is 17.5 Å². The number of likely N-dealkylation sites (tertiary alicyclic amines) is 1. The van der Waals surface area contributed by atoms with Crippen molar-refractivity contribution in [3.63, 3.8) is 0 Å². The Kier molecular flexibility index (Phi) is 8.01. The summed E-state index contributed by atoms with van der Waals surface area (Å²) in [5.41, 5.74) is 1.21. The third-order valence-electron chi connectivity index (χ3n) is 8.60. The molecule has 3 aliphatic heterocycles. The molecule has 0 radical (unpaired) electrons. The molecule has 3 fully saturated rings. The second-order valence-corrected chi connectivity index (χ2v) is 12.3. The van der Waals surface area contributed by atoms with E-state index >= 15 is 0 Å². The van der Waals surface area contributed by atoms with Crippen molar-refractivity contribution in [3.05, 3.63) is 48.5 Å². The first-order valence-electron chi connectivity index (χ1n) is 13.9. The number of anilines is 2. The third-order valence-corrected chi connectivity index (χ3v) is 10.7. The van der Waals surface area contributed by atoms with Gasteiger partial charge in [0.15, 0.2) is 0 Å². The van der Waals surface area contributed by atoms with Crippen LogP contribution in [-0.4, -0.2) is 70.1 Å². The van der Waals surface area contributed by atoms with E-state index in [2.05, 4.69) is 17.6 Å². The molecule has 5 rings (SSSR count). The molecule has 1 spiro atoms. The van der Waals surface area contributed by atoms with Gasteiger partial charge in [-0.05, 0) is 74.2 Å². The molecule has 0 aromatic heterocycles. The summed E-state index contributed by atoms with van der Waals surface area (Å²) in [6, 6.07) is 12.9. The summed E-state index contributed by atoms with van der Waals surface area (Å²) in [6.45, 7) is 6.16. The van der Waals surface area contributed by atoms with Crippen molar-refractivity contribution in [1.29, 1.82) is 0 Å². The number of nitrogens with zero attached hydrogens (tertiary/aromatic N) is 1. The van der Waals surface area contributed by atoms with E-state index in [1.54, 1.807) is 72.3 Å². The Hall–Kier alpha value is -3.24.